The number of hydrogen-bond acceptors (Lipinski definition) is 5. The molecule has 170 valence electrons. The predicted molar refractivity (Wildman–Crippen MR) is 128 cm³/mol. The number of ether oxygens (including phenoxy) is 2. The summed E-state index contributed by atoms with van der Waals surface area (Å²) in [7, 11) is 0. The van der Waals surface area contributed by atoms with Crippen molar-refractivity contribution < 1.29 is 14.3 Å². The molecule has 1 atom stereocenters. The van der Waals surface area contributed by atoms with Gasteiger partial charge in [-0.3, -0.25) is 9.89 Å². The van der Waals surface area contributed by atoms with Gasteiger partial charge in [0, 0.05) is 35.4 Å². The van der Waals surface area contributed by atoms with E-state index in [0.717, 1.165) is 51.7 Å². The molecule has 0 saturated carbocycles. The van der Waals surface area contributed by atoms with Crippen molar-refractivity contribution in [1.82, 2.24) is 15.2 Å². The molecule has 0 fully saturated rings. The smallest absolute Gasteiger partial charge is 0.225 e. The van der Waals surface area contributed by atoms with Crippen LogP contribution in [-0.2, 0) is 17.6 Å². The Kier molecular flexibility index (Phi) is 5.02. The van der Waals surface area contributed by atoms with Crippen molar-refractivity contribution in [3.8, 4) is 28.5 Å². The summed E-state index contributed by atoms with van der Waals surface area (Å²) in [5, 5.41) is 10.6. The summed E-state index contributed by atoms with van der Waals surface area (Å²) in [4.78, 5) is 16.0. The molecule has 2 aromatic heterocycles. The number of pyridine rings is 1. The van der Waals surface area contributed by atoms with Crippen molar-refractivity contribution in [2.75, 3.05) is 11.9 Å². The van der Waals surface area contributed by atoms with Crippen LogP contribution in [0.15, 0.2) is 60.8 Å². The number of anilines is 1. The van der Waals surface area contributed by atoms with Crippen LogP contribution in [0.4, 0.5) is 5.82 Å². The van der Waals surface area contributed by atoms with Crippen molar-refractivity contribution >= 4 is 11.7 Å². The highest BCUT2D eigenvalue weighted by Gasteiger charge is 2.25. The minimum absolute atomic E-state index is 0.0153. The molecule has 4 aromatic rings. The number of carbonyl (C=O) groups is 1. The van der Waals surface area contributed by atoms with Crippen molar-refractivity contribution in [3.63, 3.8) is 0 Å². The Labute approximate surface area is 197 Å². The van der Waals surface area contributed by atoms with E-state index in [4.69, 9.17) is 9.47 Å². The molecule has 0 radical (unpaired) electrons. The maximum Gasteiger partial charge on any atom is 0.225 e. The average Bonchev–Trinajstić information content (AvgIpc) is 3.34. The van der Waals surface area contributed by atoms with Gasteiger partial charge in [-0.1, -0.05) is 24.3 Å². The van der Waals surface area contributed by atoms with E-state index in [1.165, 1.54) is 5.56 Å². The molecule has 0 bridgehead atoms. The van der Waals surface area contributed by atoms with Gasteiger partial charge < -0.3 is 14.8 Å². The topological polar surface area (TPSA) is 89.1 Å². The summed E-state index contributed by atoms with van der Waals surface area (Å²) in [6.07, 6.45) is 3.53. The van der Waals surface area contributed by atoms with Crippen molar-refractivity contribution in [3.05, 3.63) is 83.2 Å². The Hall–Kier alpha value is -4.13. The number of benzene rings is 2. The zero-order valence-electron chi connectivity index (χ0n) is 18.8. The SMILES string of the molecule is Cc1ccccc1-c1cc(C2COc3ccc(Oc4ccnc5c4CCC(=O)N5)cc3C2)[nH]n1. The van der Waals surface area contributed by atoms with E-state index in [2.05, 4.69) is 45.6 Å². The molecule has 2 aliphatic rings. The number of rotatable bonds is 4. The monoisotopic (exact) mass is 452 g/mol. The number of carbonyl (C=O) groups excluding carboxylic acids is 1. The summed E-state index contributed by atoms with van der Waals surface area (Å²) in [5.41, 5.74) is 6.37. The van der Waals surface area contributed by atoms with Gasteiger partial charge in [0.25, 0.3) is 0 Å². The Morgan fingerprint density at radius 1 is 1.09 bits per heavy atom. The average molecular weight is 453 g/mol. The molecule has 7 heteroatoms. The second kappa shape index (κ2) is 8.33. The van der Waals surface area contributed by atoms with Gasteiger partial charge in [0.2, 0.25) is 5.91 Å². The zero-order chi connectivity index (χ0) is 23.1. The molecule has 2 N–H and O–H groups in total. The fourth-order valence-electron chi connectivity index (χ4n) is 4.66. The summed E-state index contributed by atoms with van der Waals surface area (Å²) in [6, 6.07) is 18.1. The number of amides is 1. The Morgan fingerprint density at radius 3 is 2.91 bits per heavy atom. The first-order chi connectivity index (χ1) is 16.6. The number of H-pyrrole nitrogens is 1. The van der Waals surface area contributed by atoms with Gasteiger partial charge in [0.15, 0.2) is 0 Å². The maximum atomic E-state index is 11.7. The standard InChI is InChI=1S/C27H24N4O3/c1-16-4-2-3-5-20(16)23-14-22(30-31-23)18-12-17-13-19(6-8-24(17)33-15-18)34-25-10-11-28-27-21(25)7-9-26(32)29-27/h2-6,8,10-11,13-14,18H,7,9,12,15H2,1H3,(H,30,31)(H,28,29,32). The third-order valence-electron chi connectivity index (χ3n) is 6.50. The first kappa shape index (κ1) is 20.5. The van der Waals surface area contributed by atoms with Crippen LogP contribution in [0.1, 0.15) is 34.7 Å². The highest BCUT2D eigenvalue weighted by atomic mass is 16.5. The predicted octanol–water partition coefficient (Wildman–Crippen LogP) is 5.18. The quantitative estimate of drug-likeness (QED) is 0.446. The Bertz CT molecular complexity index is 1390. The molecule has 2 aromatic carbocycles. The molecular formula is C27H24N4O3. The molecule has 0 aliphatic carbocycles. The molecular weight excluding hydrogens is 428 g/mol. The zero-order valence-corrected chi connectivity index (χ0v) is 18.8. The van der Waals surface area contributed by atoms with E-state index in [1.54, 1.807) is 6.20 Å². The van der Waals surface area contributed by atoms with Crippen molar-refractivity contribution in [1.29, 1.82) is 0 Å². The highest BCUT2D eigenvalue weighted by Crippen LogP contribution is 2.38. The van der Waals surface area contributed by atoms with Crippen LogP contribution in [0.2, 0.25) is 0 Å². The first-order valence-corrected chi connectivity index (χ1v) is 11.5. The lowest BCUT2D eigenvalue weighted by atomic mass is 9.93. The van der Waals surface area contributed by atoms with Gasteiger partial charge in [-0.15, -0.1) is 0 Å². The minimum Gasteiger partial charge on any atom is -0.493 e. The number of aromatic amines is 1. The van der Waals surface area contributed by atoms with Gasteiger partial charge in [-0.05, 0) is 61.2 Å². The van der Waals surface area contributed by atoms with E-state index in [9.17, 15) is 4.79 Å². The van der Waals surface area contributed by atoms with Crippen LogP contribution < -0.4 is 14.8 Å². The van der Waals surface area contributed by atoms with Crippen LogP contribution in [-0.4, -0.2) is 27.7 Å². The van der Waals surface area contributed by atoms with Crippen LogP contribution in [0.25, 0.3) is 11.3 Å². The number of nitrogens with one attached hydrogen (secondary N) is 2. The third-order valence-corrected chi connectivity index (χ3v) is 6.50. The van der Waals surface area contributed by atoms with Crippen LogP contribution >= 0.6 is 0 Å². The molecule has 1 amide bonds. The Balaban J connectivity index is 1.23. The minimum atomic E-state index is -0.0153. The largest absolute Gasteiger partial charge is 0.493 e. The molecule has 0 spiro atoms. The normalized spacial score (nSPS) is 16.7. The fourth-order valence-corrected chi connectivity index (χ4v) is 4.66. The number of hydrogen-bond donors (Lipinski definition) is 2. The Morgan fingerprint density at radius 2 is 2.00 bits per heavy atom. The van der Waals surface area contributed by atoms with E-state index >= 15 is 0 Å². The van der Waals surface area contributed by atoms with Gasteiger partial charge >= 0.3 is 0 Å². The second-order valence-electron chi connectivity index (χ2n) is 8.79. The molecule has 34 heavy (non-hydrogen) atoms. The summed E-state index contributed by atoms with van der Waals surface area (Å²) in [6.45, 7) is 2.69. The van der Waals surface area contributed by atoms with E-state index in [1.807, 2.05) is 36.4 Å². The molecule has 1 unspecified atom stereocenters. The maximum absolute atomic E-state index is 11.7. The third kappa shape index (κ3) is 3.79. The molecule has 0 saturated heterocycles. The molecule has 4 heterocycles. The number of aromatic nitrogens is 3. The lowest BCUT2D eigenvalue weighted by Gasteiger charge is -2.25. The van der Waals surface area contributed by atoms with E-state index in [0.29, 0.717) is 25.3 Å². The van der Waals surface area contributed by atoms with Crippen LogP contribution in [0.5, 0.6) is 17.2 Å². The van der Waals surface area contributed by atoms with Gasteiger partial charge in [0.05, 0.1) is 12.3 Å². The second-order valence-corrected chi connectivity index (χ2v) is 8.79. The van der Waals surface area contributed by atoms with Crippen molar-refractivity contribution in [2.45, 2.75) is 32.1 Å². The number of aryl methyl sites for hydroxylation is 1. The highest BCUT2D eigenvalue weighted by molar-refractivity contribution is 5.93. The van der Waals surface area contributed by atoms with Gasteiger partial charge in [-0.2, -0.15) is 5.10 Å². The van der Waals surface area contributed by atoms with Gasteiger partial charge in [-0.25, -0.2) is 4.98 Å². The lowest BCUT2D eigenvalue weighted by Crippen LogP contribution is -2.20. The van der Waals surface area contributed by atoms with E-state index < -0.39 is 0 Å². The number of nitrogens with zero attached hydrogens (tertiary/aromatic N) is 2. The first-order valence-electron chi connectivity index (χ1n) is 11.5. The van der Waals surface area contributed by atoms with Crippen LogP contribution in [0, 0.1) is 6.92 Å². The summed E-state index contributed by atoms with van der Waals surface area (Å²) >= 11 is 0. The fraction of sp³-hybridized carbons (Fsp3) is 0.222. The van der Waals surface area contributed by atoms with Crippen LogP contribution in [0.3, 0.4) is 0 Å². The van der Waals surface area contributed by atoms with Crippen molar-refractivity contribution in [2.24, 2.45) is 0 Å². The van der Waals surface area contributed by atoms with Gasteiger partial charge in [0.1, 0.15) is 23.1 Å². The molecule has 6 rings (SSSR count). The molecule has 7 nitrogen and oxygen atoms in total. The number of fused-ring (bicyclic) bond motifs is 2. The van der Waals surface area contributed by atoms with E-state index in [-0.39, 0.29) is 11.8 Å². The summed E-state index contributed by atoms with van der Waals surface area (Å²) < 4.78 is 12.3. The summed E-state index contributed by atoms with van der Waals surface area (Å²) in [5.74, 6) is 3.08. The lowest BCUT2D eigenvalue weighted by molar-refractivity contribution is -0.116. The molecule has 2 aliphatic heterocycles.